The van der Waals surface area contributed by atoms with E-state index in [1.807, 2.05) is 31.2 Å². The van der Waals surface area contributed by atoms with Crippen molar-refractivity contribution in [3.63, 3.8) is 0 Å². The summed E-state index contributed by atoms with van der Waals surface area (Å²) in [4.78, 5) is 0. The Kier molecular flexibility index (Phi) is 4.46. The van der Waals surface area contributed by atoms with E-state index < -0.39 is 0 Å². The molecule has 2 heterocycles. The number of rotatable bonds is 4. The van der Waals surface area contributed by atoms with Crippen LogP contribution < -0.4 is 4.74 Å². The molecule has 0 saturated heterocycles. The maximum Gasteiger partial charge on any atom is 0.213 e. The Morgan fingerprint density at radius 1 is 1.12 bits per heavy atom. The molecule has 1 aromatic heterocycles. The average Bonchev–Trinajstić information content (AvgIpc) is 3.05. The third-order valence-corrected chi connectivity index (χ3v) is 5.09. The lowest BCUT2D eigenvalue weighted by molar-refractivity contribution is 0.339. The summed E-state index contributed by atoms with van der Waals surface area (Å²) >= 11 is 1.59. The van der Waals surface area contributed by atoms with Crippen molar-refractivity contribution in [2.45, 2.75) is 24.3 Å². The predicted octanol–water partition coefficient (Wildman–Crippen LogP) is 4.23. The van der Waals surface area contributed by atoms with Gasteiger partial charge in [0.15, 0.2) is 5.82 Å². The second kappa shape index (κ2) is 6.92. The predicted molar refractivity (Wildman–Crippen MR) is 100 cm³/mol. The zero-order valence-electron chi connectivity index (χ0n) is 14.4. The summed E-state index contributed by atoms with van der Waals surface area (Å²) in [5.74, 6) is 1.11. The SMILES string of the molecule is CCOc1ccccc1C1=Nn2c(nnc2-c2ccc(F)cc2)S[C@H]1C. The fourth-order valence-electron chi connectivity index (χ4n) is 2.84. The van der Waals surface area contributed by atoms with Gasteiger partial charge in [-0.05, 0) is 50.2 Å². The average molecular weight is 368 g/mol. The van der Waals surface area contributed by atoms with Crippen LogP contribution in [0.5, 0.6) is 5.75 Å². The molecule has 7 heteroatoms. The Morgan fingerprint density at radius 3 is 2.65 bits per heavy atom. The van der Waals surface area contributed by atoms with E-state index in [9.17, 15) is 4.39 Å². The first kappa shape index (κ1) is 16.8. The maximum absolute atomic E-state index is 13.2. The minimum atomic E-state index is -0.287. The van der Waals surface area contributed by atoms with E-state index in [1.165, 1.54) is 12.1 Å². The van der Waals surface area contributed by atoms with E-state index in [0.717, 1.165) is 27.7 Å². The minimum Gasteiger partial charge on any atom is -0.493 e. The molecule has 1 atom stereocenters. The van der Waals surface area contributed by atoms with E-state index in [0.29, 0.717) is 12.4 Å². The first-order chi connectivity index (χ1) is 12.7. The molecule has 0 radical (unpaired) electrons. The van der Waals surface area contributed by atoms with Crippen LogP contribution in [0.3, 0.4) is 0 Å². The molecule has 0 amide bonds. The van der Waals surface area contributed by atoms with Crippen molar-refractivity contribution in [2.24, 2.45) is 5.10 Å². The highest BCUT2D eigenvalue weighted by Crippen LogP contribution is 2.34. The summed E-state index contributed by atoms with van der Waals surface area (Å²) in [6, 6.07) is 14.0. The number of para-hydroxylation sites is 1. The number of hydrogen-bond donors (Lipinski definition) is 0. The van der Waals surface area contributed by atoms with E-state index >= 15 is 0 Å². The minimum absolute atomic E-state index is 0.106. The Balaban J connectivity index is 1.82. The number of hydrogen-bond acceptors (Lipinski definition) is 5. The van der Waals surface area contributed by atoms with Crippen LogP contribution in [0.1, 0.15) is 19.4 Å². The third-order valence-electron chi connectivity index (χ3n) is 4.05. The first-order valence-electron chi connectivity index (χ1n) is 8.36. The molecule has 4 rings (SSSR count). The number of nitrogens with zero attached hydrogens (tertiary/aromatic N) is 4. The number of halogens is 1. The van der Waals surface area contributed by atoms with Gasteiger partial charge >= 0.3 is 0 Å². The highest BCUT2D eigenvalue weighted by atomic mass is 32.2. The van der Waals surface area contributed by atoms with Crippen LogP contribution in [0.2, 0.25) is 0 Å². The molecule has 0 N–H and O–H groups in total. The molecule has 3 aromatic rings. The zero-order chi connectivity index (χ0) is 18.1. The molecule has 0 bridgehead atoms. The fourth-order valence-corrected chi connectivity index (χ4v) is 3.76. The van der Waals surface area contributed by atoms with Crippen LogP contribution in [-0.4, -0.2) is 32.4 Å². The van der Waals surface area contributed by atoms with Gasteiger partial charge in [-0.25, -0.2) is 4.39 Å². The molecule has 1 aliphatic rings. The largest absolute Gasteiger partial charge is 0.493 e. The molecule has 26 heavy (non-hydrogen) atoms. The first-order valence-corrected chi connectivity index (χ1v) is 9.24. The van der Waals surface area contributed by atoms with Crippen LogP contribution in [-0.2, 0) is 0 Å². The van der Waals surface area contributed by atoms with Gasteiger partial charge in [0.25, 0.3) is 0 Å². The van der Waals surface area contributed by atoms with Crippen molar-refractivity contribution in [3.8, 4) is 17.1 Å². The lowest BCUT2D eigenvalue weighted by atomic mass is 10.1. The Bertz CT molecular complexity index is 968. The topological polar surface area (TPSA) is 52.3 Å². The number of benzene rings is 2. The molecule has 0 saturated carbocycles. The van der Waals surface area contributed by atoms with Gasteiger partial charge in [-0.1, -0.05) is 23.9 Å². The summed E-state index contributed by atoms with van der Waals surface area (Å²) < 4.78 is 20.7. The number of ether oxygens (including phenoxy) is 1. The van der Waals surface area contributed by atoms with E-state index in [1.54, 1.807) is 28.6 Å². The summed E-state index contributed by atoms with van der Waals surface area (Å²) in [5.41, 5.74) is 2.62. The van der Waals surface area contributed by atoms with Gasteiger partial charge in [0.1, 0.15) is 11.6 Å². The van der Waals surface area contributed by atoms with Gasteiger partial charge in [0.2, 0.25) is 5.16 Å². The van der Waals surface area contributed by atoms with Crippen LogP contribution >= 0.6 is 11.8 Å². The maximum atomic E-state index is 13.2. The van der Waals surface area contributed by atoms with Gasteiger partial charge in [-0.3, -0.25) is 0 Å². The van der Waals surface area contributed by atoms with Crippen LogP contribution in [0.4, 0.5) is 4.39 Å². The van der Waals surface area contributed by atoms with Gasteiger partial charge in [0, 0.05) is 11.1 Å². The molecule has 0 aliphatic carbocycles. The van der Waals surface area contributed by atoms with Gasteiger partial charge in [-0.2, -0.15) is 9.78 Å². The molecule has 2 aromatic carbocycles. The van der Waals surface area contributed by atoms with E-state index in [4.69, 9.17) is 9.84 Å². The second-order valence-corrected chi connectivity index (χ2v) is 7.11. The lowest BCUT2D eigenvalue weighted by Gasteiger charge is -2.21. The van der Waals surface area contributed by atoms with Crippen LogP contribution in [0, 0.1) is 5.82 Å². The molecular weight excluding hydrogens is 351 g/mol. The highest BCUT2D eigenvalue weighted by Gasteiger charge is 2.27. The van der Waals surface area contributed by atoms with Crippen molar-refractivity contribution in [2.75, 3.05) is 6.61 Å². The van der Waals surface area contributed by atoms with Crippen LogP contribution in [0.25, 0.3) is 11.4 Å². The molecule has 1 aliphatic heterocycles. The van der Waals surface area contributed by atoms with Crippen molar-refractivity contribution in [1.29, 1.82) is 0 Å². The van der Waals surface area contributed by atoms with E-state index in [2.05, 4.69) is 17.1 Å². The summed E-state index contributed by atoms with van der Waals surface area (Å²) in [7, 11) is 0. The molecule has 0 spiro atoms. The summed E-state index contributed by atoms with van der Waals surface area (Å²) in [5, 5.41) is 14.1. The Morgan fingerprint density at radius 2 is 1.88 bits per heavy atom. The molecule has 0 fully saturated rings. The van der Waals surface area contributed by atoms with Crippen molar-refractivity contribution in [3.05, 3.63) is 59.9 Å². The Hall–Kier alpha value is -2.67. The van der Waals surface area contributed by atoms with Gasteiger partial charge in [0.05, 0.1) is 17.6 Å². The lowest BCUT2D eigenvalue weighted by Crippen LogP contribution is -2.22. The Labute approximate surface area is 154 Å². The van der Waals surface area contributed by atoms with Crippen molar-refractivity contribution < 1.29 is 9.13 Å². The molecule has 132 valence electrons. The number of fused-ring (bicyclic) bond motifs is 1. The fraction of sp³-hybridized carbons (Fsp3) is 0.211. The quantitative estimate of drug-likeness (QED) is 0.692. The zero-order valence-corrected chi connectivity index (χ0v) is 15.2. The normalized spacial score (nSPS) is 16.1. The molecule has 0 unspecified atom stereocenters. The monoisotopic (exact) mass is 368 g/mol. The van der Waals surface area contributed by atoms with Gasteiger partial charge in [-0.15, -0.1) is 10.2 Å². The number of thioether (sulfide) groups is 1. The van der Waals surface area contributed by atoms with Crippen LogP contribution in [0.15, 0.2) is 58.8 Å². The highest BCUT2D eigenvalue weighted by molar-refractivity contribution is 8.00. The van der Waals surface area contributed by atoms with Crippen molar-refractivity contribution >= 4 is 17.5 Å². The third kappa shape index (κ3) is 2.99. The van der Waals surface area contributed by atoms with E-state index in [-0.39, 0.29) is 11.1 Å². The summed E-state index contributed by atoms with van der Waals surface area (Å²) in [6.07, 6.45) is 0. The second-order valence-electron chi connectivity index (χ2n) is 5.80. The standard InChI is InChI=1S/C19H17FN4OS/c1-3-25-16-7-5-4-6-15(16)17-12(2)26-19-22-21-18(24(19)23-17)13-8-10-14(20)11-9-13/h4-12H,3H2,1-2H3/t12-/m0/s1. The molecule has 5 nitrogen and oxygen atoms in total. The summed E-state index contributed by atoms with van der Waals surface area (Å²) in [6.45, 7) is 4.63. The smallest absolute Gasteiger partial charge is 0.213 e. The van der Waals surface area contributed by atoms with Gasteiger partial charge < -0.3 is 4.74 Å². The number of aromatic nitrogens is 3. The molecular formula is C19H17FN4OS. The van der Waals surface area contributed by atoms with Crippen molar-refractivity contribution in [1.82, 2.24) is 14.9 Å².